The first kappa shape index (κ1) is 21.1. The SMILES string of the molecule is CCOc1ccc2c(c1)nc1c3ccc4c(=O)n5c6ccc(OCC)cc6nc5c5ccc(c(=O)n21)c3c45. The van der Waals surface area contributed by atoms with Gasteiger partial charge in [-0.15, -0.1) is 0 Å². The van der Waals surface area contributed by atoms with E-state index >= 15 is 0 Å². The minimum Gasteiger partial charge on any atom is -0.494 e. The van der Waals surface area contributed by atoms with Crippen LogP contribution in [-0.2, 0) is 0 Å². The normalized spacial score (nSPS) is 12.4. The van der Waals surface area contributed by atoms with Gasteiger partial charge in [0.25, 0.3) is 11.1 Å². The van der Waals surface area contributed by atoms with Crippen LogP contribution >= 0.6 is 0 Å². The highest BCUT2D eigenvalue weighted by Crippen LogP contribution is 2.37. The van der Waals surface area contributed by atoms with Crippen LogP contribution in [0.1, 0.15) is 13.8 Å². The predicted octanol–water partition coefficient (Wildman–Crippen LogP) is 5.14. The van der Waals surface area contributed by atoms with Crippen LogP contribution in [0, 0.1) is 0 Å². The number of benzene rings is 4. The number of ether oxygens (including phenoxy) is 2. The molecule has 0 atom stereocenters. The zero-order valence-corrected chi connectivity index (χ0v) is 20.6. The molecule has 0 aliphatic heterocycles. The van der Waals surface area contributed by atoms with Crippen LogP contribution in [0.2, 0.25) is 0 Å². The number of nitrogens with zero attached hydrogens (tertiary/aromatic N) is 4. The van der Waals surface area contributed by atoms with E-state index < -0.39 is 0 Å². The van der Waals surface area contributed by atoms with Gasteiger partial charge in [0.2, 0.25) is 0 Å². The molecule has 8 heteroatoms. The Morgan fingerprint density at radius 3 is 1.45 bits per heavy atom. The van der Waals surface area contributed by atoms with Gasteiger partial charge >= 0.3 is 0 Å². The van der Waals surface area contributed by atoms with Crippen LogP contribution in [0.4, 0.5) is 0 Å². The molecule has 0 fully saturated rings. The van der Waals surface area contributed by atoms with Crippen molar-refractivity contribution in [3.05, 3.63) is 81.4 Å². The molecule has 0 bridgehead atoms. The second-order valence-corrected chi connectivity index (χ2v) is 9.39. The maximum absolute atomic E-state index is 13.8. The monoisotopic (exact) mass is 500 g/mol. The molecule has 0 radical (unpaired) electrons. The van der Waals surface area contributed by atoms with Crippen molar-refractivity contribution in [2.45, 2.75) is 13.8 Å². The van der Waals surface area contributed by atoms with Gasteiger partial charge in [-0.05, 0) is 62.4 Å². The summed E-state index contributed by atoms with van der Waals surface area (Å²) in [5.74, 6) is 1.41. The smallest absolute Gasteiger partial charge is 0.264 e. The van der Waals surface area contributed by atoms with E-state index in [9.17, 15) is 9.59 Å². The van der Waals surface area contributed by atoms with E-state index in [1.165, 1.54) is 0 Å². The Hall–Kier alpha value is -4.98. The van der Waals surface area contributed by atoms with E-state index in [2.05, 4.69) is 0 Å². The molecule has 0 N–H and O–H groups in total. The number of aromatic nitrogens is 4. The molecule has 0 saturated carbocycles. The van der Waals surface area contributed by atoms with E-state index in [0.29, 0.717) is 57.8 Å². The third-order valence-electron chi connectivity index (χ3n) is 7.38. The second kappa shape index (κ2) is 7.29. The van der Waals surface area contributed by atoms with Gasteiger partial charge in [-0.3, -0.25) is 18.4 Å². The topological polar surface area (TPSA) is 87.2 Å². The fraction of sp³-hybridized carbons (Fsp3) is 0.133. The molecule has 4 aromatic heterocycles. The molecule has 0 unspecified atom stereocenters. The van der Waals surface area contributed by atoms with Gasteiger partial charge in [0.1, 0.15) is 22.8 Å². The van der Waals surface area contributed by atoms with Crippen molar-refractivity contribution in [3.63, 3.8) is 0 Å². The summed E-state index contributed by atoms with van der Waals surface area (Å²) < 4.78 is 14.6. The van der Waals surface area contributed by atoms with Crippen molar-refractivity contribution in [3.8, 4) is 11.5 Å². The van der Waals surface area contributed by atoms with E-state index in [1.807, 2.05) is 74.5 Å². The van der Waals surface area contributed by atoms with Crippen molar-refractivity contribution in [1.29, 1.82) is 0 Å². The first-order valence-corrected chi connectivity index (χ1v) is 12.6. The standard InChI is InChI=1S/C30H20N4O4/c1-3-37-15-5-11-23-21(13-15)31-27-17-7-9-20-26-18(8-10-19(25(17)26)29(35)33(23)27)28-32-22-14-16(38-4-2)6-12-24(22)34(28)30(20)36/h5-14H,3-4H2,1-2H3. The second-order valence-electron chi connectivity index (χ2n) is 9.39. The number of fused-ring (bicyclic) bond motifs is 8. The molecule has 4 aromatic carbocycles. The number of hydrogen-bond donors (Lipinski definition) is 0. The summed E-state index contributed by atoms with van der Waals surface area (Å²) in [6, 6.07) is 18.6. The van der Waals surface area contributed by atoms with Crippen LogP contribution in [0.15, 0.2) is 70.3 Å². The molecule has 38 heavy (non-hydrogen) atoms. The number of imidazole rings is 2. The Morgan fingerprint density at radius 2 is 1.03 bits per heavy atom. The molecule has 0 aliphatic rings. The van der Waals surface area contributed by atoms with Gasteiger partial charge in [0, 0.05) is 44.5 Å². The van der Waals surface area contributed by atoms with Gasteiger partial charge in [0.05, 0.1) is 35.3 Å². The minimum absolute atomic E-state index is 0.171. The molecule has 0 saturated heterocycles. The molecular formula is C30H20N4O4. The fourth-order valence-corrected chi connectivity index (χ4v) is 5.87. The summed E-state index contributed by atoms with van der Waals surface area (Å²) in [4.78, 5) is 37.4. The van der Waals surface area contributed by atoms with E-state index in [1.54, 1.807) is 8.80 Å². The Balaban J connectivity index is 1.55. The molecule has 0 amide bonds. The van der Waals surface area contributed by atoms with Crippen molar-refractivity contribution in [2.24, 2.45) is 0 Å². The number of hydrogen-bond acceptors (Lipinski definition) is 6. The quantitative estimate of drug-likeness (QED) is 0.311. The third kappa shape index (κ3) is 2.53. The van der Waals surface area contributed by atoms with Crippen LogP contribution in [0.25, 0.3) is 65.7 Å². The largest absolute Gasteiger partial charge is 0.494 e. The molecule has 8 nitrogen and oxygen atoms in total. The lowest BCUT2D eigenvalue weighted by atomic mass is 9.96. The summed E-state index contributed by atoms with van der Waals surface area (Å²) in [6.07, 6.45) is 0. The zero-order valence-electron chi connectivity index (χ0n) is 20.6. The highest BCUT2D eigenvalue weighted by atomic mass is 16.5. The number of rotatable bonds is 4. The van der Waals surface area contributed by atoms with Gasteiger partial charge in [-0.1, -0.05) is 0 Å². The Kier molecular flexibility index (Phi) is 4.05. The fourth-order valence-electron chi connectivity index (χ4n) is 5.87. The first-order chi connectivity index (χ1) is 18.6. The Labute approximate surface area is 214 Å². The maximum Gasteiger partial charge on any atom is 0.264 e. The molecule has 0 aliphatic carbocycles. The van der Waals surface area contributed by atoms with Crippen molar-refractivity contribution < 1.29 is 9.47 Å². The van der Waals surface area contributed by atoms with Crippen LogP contribution < -0.4 is 20.6 Å². The molecule has 184 valence electrons. The Morgan fingerprint density at radius 1 is 0.605 bits per heavy atom. The van der Waals surface area contributed by atoms with Crippen LogP contribution in [0.3, 0.4) is 0 Å². The van der Waals surface area contributed by atoms with Gasteiger partial charge in [0.15, 0.2) is 0 Å². The van der Waals surface area contributed by atoms with E-state index in [-0.39, 0.29) is 11.1 Å². The summed E-state index contributed by atoms with van der Waals surface area (Å²) in [6.45, 7) is 4.94. The molecule has 8 aromatic rings. The average molecular weight is 501 g/mol. The maximum atomic E-state index is 13.8. The van der Waals surface area contributed by atoms with Crippen molar-refractivity contribution >= 4 is 65.7 Å². The van der Waals surface area contributed by atoms with Gasteiger partial charge in [-0.2, -0.15) is 0 Å². The highest BCUT2D eigenvalue weighted by molar-refractivity contribution is 6.27. The van der Waals surface area contributed by atoms with Gasteiger partial charge in [-0.25, -0.2) is 9.97 Å². The minimum atomic E-state index is -0.171. The highest BCUT2D eigenvalue weighted by Gasteiger charge is 2.22. The van der Waals surface area contributed by atoms with Crippen LogP contribution in [0.5, 0.6) is 11.5 Å². The summed E-state index contributed by atoms with van der Waals surface area (Å²) in [5, 5.41) is 4.17. The lowest BCUT2D eigenvalue weighted by Gasteiger charge is -2.12. The molecule has 8 rings (SSSR count). The van der Waals surface area contributed by atoms with E-state index in [0.717, 1.165) is 32.6 Å². The molecule has 0 spiro atoms. The van der Waals surface area contributed by atoms with Crippen LogP contribution in [-0.4, -0.2) is 32.0 Å². The van der Waals surface area contributed by atoms with Crippen molar-refractivity contribution in [1.82, 2.24) is 18.8 Å². The third-order valence-corrected chi connectivity index (χ3v) is 7.38. The summed E-state index contributed by atoms with van der Waals surface area (Å²) in [5.41, 5.74) is 3.57. The molecular weight excluding hydrogens is 480 g/mol. The predicted molar refractivity (Wildman–Crippen MR) is 149 cm³/mol. The zero-order chi connectivity index (χ0) is 25.7. The number of pyridine rings is 2. The lowest BCUT2D eigenvalue weighted by molar-refractivity contribution is 0.340. The Bertz CT molecular complexity index is 2200. The summed E-state index contributed by atoms with van der Waals surface area (Å²) >= 11 is 0. The average Bonchev–Trinajstić information content (AvgIpc) is 3.49. The summed E-state index contributed by atoms with van der Waals surface area (Å²) in [7, 11) is 0. The van der Waals surface area contributed by atoms with Crippen molar-refractivity contribution in [2.75, 3.05) is 13.2 Å². The van der Waals surface area contributed by atoms with E-state index in [4.69, 9.17) is 19.4 Å². The van der Waals surface area contributed by atoms with Gasteiger partial charge < -0.3 is 9.47 Å². The lowest BCUT2D eigenvalue weighted by Crippen LogP contribution is -2.16. The first-order valence-electron chi connectivity index (χ1n) is 12.6. The molecule has 4 heterocycles.